The maximum Gasteiger partial charge on any atom is 0.414 e. The molecule has 0 aliphatic heterocycles. The molecule has 0 unspecified atom stereocenters. The Labute approximate surface area is 169 Å². The first-order valence-corrected chi connectivity index (χ1v) is 8.75. The van der Waals surface area contributed by atoms with Gasteiger partial charge in [0.05, 0.1) is 11.1 Å². The largest absolute Gasteiger partial charge is 0.478 e. The number of carboxylic acid groups (broad SMARTS) is 2. The lowest BCUT2D eigenvalue weighted by Gasteiger charge is -2.24. The van der Waals surface area contributed by atoms with Crippen LogP contribution in [0.2, 0.25) is 0 Å². The van der Waals surface area contributed by atoms with Crippen LogP contribution in [0.5, 0.6) is 0 Å². The molecule has 1 amide bonds. The first-order chi connectivity index (χ1) is 13.4. The van der Waals surface area contributed by atoms with Crippen molar-refractivity contribution >= 4 is 29.4 Å². The Morgan fingerprint density at radius 2 is 1.28 bits per heavy atom. The van der Waals surface area contributed by atoms with Crippen LogP contribution in [0.15, 0.2) is 48.5 Å². The third-order valence-corrected chi connectivity index (χ3v) is 3.59. The molecule has 8 heteroatoms. The van der Waals surface area contributed by atoms with Crippen LogP contribution in [-0.4, -0.2) is 47.9 Å². The lowest BCUT2D eigenvalue weighted by atomic mass is 10.2. The number of ether oxygens (including phenoxy) is 1. The fraction of sp³-hybridized carbons (Fsp3) is 0.286. The topological polar surface area (TPSA) is 116 Å². The van der Waals surface area contributed by atoms with E-state index in [1.54, 1.807) is 71.3 Å². The van der Waals surface area contributed by atoms with Crippen LogP contribution in [0, 0.1) is 0 Å². The molecule has 0 heterocycles. The molecule has 0 saturated carbocycles. The maximum atomic E-state index is 11.8. The minimum absolute atomic E-state index is 0.177. The number of carboxylic acids is 2. The molecule has 0 aliphatic carbocycles. The van der Waals surface area contributed by atoms with Crippen molar-refractivity contribution in [2.75, 3.05) is 24.3 Å². The van der Waals surface area contributed by atoms with Crippen molar-refractivity contribution in [3.63, 3.8) is 0 Å². The van der Waals surface area contributed by atoms with E-state index in [-0.39, 0.29) is 5.56 Å². The fourth-order valence-electron chi connectivity index (χ4n) is 2.04. The van der Waals surface area contributed by atoms with Gasteiger partial charge in [0.1, 0.15) is 5.60 Å². The summed E-state index contributed by atoms with van der Waals surface area (Å²) < 4.78 is 5.20. The summed E-state index contributed by atoms with van der Waals surface area (Å²) >= 11 is 0. The molecule has 29 heavy (non-hydrogen) atoms. The van der Waals surface area contributed by atoms with Gasteiger partial charge in [-0.2, -0.15) is 0 Å². The highest BCUT2D eigenvalue weighted by atomic mass is 16.6. The van der Waals surface area contributed by atoms with Crippen LogP contribution < -0.4 is 10.2 Å². The molecule has 0 fully saturated rings. The summed E-state index contributed by atoms with van der Waals surface area (Å²) in [5, 5.41) is 20.2. The van der Waals surface area contributed by atoms with Crippen molar-refractivity contribution in [3.8, 4) is 0 Å². The number of anilines is 2. The van der Waals surface area contributed by atoms with Crippen molar-refractivity contribution in [2.45, 2.75) is 26.4 Å². The Morgan fingerprint density at radius 3 is 1.62 bits per heavy atom. The van der Waals surface area contributed by atoms with Crippen LogP contribution >= 0.6 is 0 Å². The van der Waals surface area contributed by atoms with Gasteiger partial charge in [-0.15, -0.1) is 0 Å². The van der Waals surface area contributed by atoms with Crippen molar-refractivity contribution < 1.29 is 29.3 Å². The molecule has 3 N–H and O–H groups in total. The lowest BCUT2D eigenvalue weighted by molar-refractivity contribution is 0.0588. The Hall–Kier alpha value is -3.55. The summed E-state index contributed by atoms with van der Waals surface area (Å²) in [5.41, 5.74) is 1.41. The number of hydrogen-bond acceptors (Lipinski definition) is 5. The quantitative estimate of drug-likeness (QED) is 0.702. The van der Waals surface area contributed by atoms with E-state index < -0.39 is 23.6 Å². The molecule has 2 aromatic carbocycles. The Morgan fingerprint density at radius 1 is 0.862 bits per heavy atom. The van der Waals surface area contributed by atoms with Gasteiger partial charge < -0.3 is 20.3 Å². The highest BCUT2D eigenvalue weighted by Crippen LogP contribution is 2.17. The lowest BCUT2D eigenvalue weighted by Crippen LogP contribution is -2.34. The smallest absolute Gasteiger partial charge is 0.414 e. The van der Waals surface area contributed by atoms with Crippen molar-refractivity contribution in [2.24, 2.45) is 0 Å². The van der Waals surface area contributed by atoms with Gasteiger partial charge in [0.15, 0.2) is 0 Å². The number of nitrogens with zero attached hydrogens (tertiary/aromatic N) is 1. The van der Waals surface area contributed by atoms with Gasteiger partial charge in [-0.3, -0.25) is 4.90 Å². The summed E-state index contributed by atoms with van der Waals surface area (Å²) in [4.78, 5) is 34.2. The number of carbonyl (C=O) groups excluding carboxylic acids is 1. The first kappa shape index (κ1) is 23.5. The number of amides is 1. The molecule has 2 aromatic rings. The molecule has 0 spiro atoms. The third-order valence-electron chi connectivity index (χ3n) is 3.59. The molecule has 0 bridgehead atoms. The van der Waals surface area contributed by atoms with Crippen LogP contribution in [-0.2, 0) is 4.74 Å². The van der Waals surface area contributed by atoms with Crippen LogP contribution in [0.1, 0.15) is 41.5 Å². The van der Waals surface area contributed by atoms with E-state index in [2.05, 4.69) is 5.32 Å². The van der Waals surface area contributed by atoms with Crippen molar-refractivity contribution in [1.82, 2.24) is 0 Å². The highest BCUT2D eigenvalue weighted by Gasteiger charge is 2.20. The summed E-state index contributed by atoms with van der Waals surface area (Å²) in [7, 11) is 3.36. The van der Waals surface area contributed by atoms with E-state index in [4.69, 9.17) is 14.9 Å². The zero-order valence-corrected chi connectivity index (χ0v) is 17.1. The summed E-state index contributed by atoms with van der Waals surface area (Å²) in [6.07, 6.45) is -0.481. The molecule has 0 saturated heterocycles. The maximum absolute atomic E-state index is 11.8. The van der Waals surface area contributed by atoms with Gasteiger partial charge in [0.25, 0.3) is 0 Å². The van der Waals surface area contributed by atoms with Crippen molar-refractivity contribution in [1.29, 1.82) is 0 Å². The number of benzene rings is 2. The predicted octanol–water partition coefficient (Wildman–Crippen LogP) is 4.18. The minimum atomic E-state index is -0.999. The van der Waals surface area contributed by atoms with E-state index in [0.717, 1.165) is 5.69 Å². The predicted molar refractivity (Wildman–Crippen MR) is 111 cm³/mol. The van der Waals surface area contributed by atoms with Crippen LogP contribution in [0.4, 0.5) is 16.2 Å². The molecule has 0 aliphatic rings. The van der Waals surface area contributed by atoms with E-state index in [1.807, 2.05) is 0 Å². The summed E-state index contributed by atoms with van der Waals surface area (Å²) in [5.74, 6) is -1.89. The number of carbonyl (C=O) groups is 3. The van der Waals surface area contributed by atoms with Gasteiger partial charge >= 0.3 is 18.0 Å². The molecule has 0 aromatic heterocycles. The fourth-order valence-corrected chi connectivity index (χ4v) is 2.04. The zero-order chi connectivity index (χ0) is 22.2. The van der Waals surface area contributed by atoms with E-state index in [9.17, 15) is 14.4 Å². The van der Waals surface area contributed by atoms with E-state index in [0.29, 0.717) is 11.3 Å². The molecular formula is C21H26N2O6. The number of hydrogen-bond donors (Lipinski definition) is 3. The average Bonchev–Trinajstić information content (AvgIpc) is 2.66. The van der Waals surface area contributed by atoms with Crippen LogP contribution in [0.3, 0.4) is 0 Å². The van der Waals surface area contributed by atoms with Gasteiger partial charge in [-0.05, 0) is 69.3 Å². The molecule has 0 radical (unpaired) electrons. The van der Waals surface area contributed by atoms with Crippen LogP contribution in [0.25, 0.3) is 0 Å². The Balaban J connectivity index is 0.000000326. The number of aromatic carboxylic acids is 2. The normalized spacial score (nSPS) is 10.2. The van der Waals surface area contributed by atoms with E-state index in [1.165, 1.54) is 17.0 Å². The Bertz CT molecular complexity index is 839. The molecule has 0 atom stereocenters. The van der Waals surface area contributed by atoms with Gasteiger partial charge in [-0.1, -0.05) is 0 Å². The molecule has 2 rings (SSSR count). The minimum Gasteiger partial charge on any atom is -0.478 e. The second-order valence-corrected chi connectivity index (χ2v) is 7.02. The van der Waals surface area contributed by atoms with E-state index >= 15 is 0 Å². The molecule has 156 valence electrons. The molecular weight excluding hydrogens is 376 g/mol. The summed E-state index contributed by atoms with van der Waals surface area (Å²) in [6, 6.07) is 12.6. The summed E-state index contributed by atoms with van der Waals surface area (Å²) in [6.45, 7) is 5.35. The second kappa shape index (κ2) is 10.1. The Kier molecular flexibility index (Phi) is 8.20. The number of rotatable bonds is 4. The van der Waals surface area contributed by atoms with Crippen molar-refractivity contribution in [3.05, 3.63) is 59.7 Å². The number of nitrogens with one attached hydrogen (secondary N) is 1. The molecule has 8 nitrogen and oxygen atoms in total. The second-order valence-electron chi connectivity index (χ2n) is 7.02. The first-order valence-electron chi connectivity index (χ1n) is 8.75. The average molecular weight is 402 g/mol. The SMILES string of the molecule is CN(C(=O)OC(C)(C)C)c1ccc(C(=O)O)cc1.CNc1ccc(C(=O)O)cc1. The standard InChI is InChI=1S/C13H17NO4.C8H9NO2/c1-13(2,3)18-12(17)14(4)10-7-5-9(6-8-10)11(15)16;1-9-7-4-2-6(3-5-7)8(10)11/h5-8H,1-4H3,(H,15,16);2-5,9H,1H3,(H,10,11). The highest BCUT2D eigenvalue weighted by molar-refractivity contribution is 5.90. The van der Waals surface area contributed by atoms with Gasteiger partial charge in [-0.25, -0.2) is 14.4 Å². The third kappa shape index (κ3) is 7.92. The zero-order valence-electron chi connectivity index (χ0n) is 17.1. The van der Waals surface area contributed by atoms with Gasteiger partial charge in [0.2, 0.25) is 0 Å². The monoisotopic (exact) mass is 402 g/mol. The van der Waals surface area contributed by atoms with Gasteiger partial charge in [0, 0.05) is 25.5 Å².